The van der Waals surface area contributed by atoms with Crippen molar-refractivity contribution in [2.45, 2.75) is 17.4 Å². The molecule has 0 bridgehead atoms. The zero-order valence-electron chi connectivity index (χ0n) is 14.4. The Kier molecular flexibility index (Phi) is 5.62. The van der Waals surface area contributed by atoms with E-state index in [-0.39, 0.29) is 17.3 Å². The Labute approximate surface area is 148 Å². The van der Waals surface area contributed by atoms with E-state index in [9.17, 15) is 18.3 Å². The van der Waals surface area contributed by atoms with Crippen LogP contribution >= 0.6 is 0 Å². The Bertz CT molecular complexity index is 829. The van der Waals surface area contributed by atoms with Crippen molar-refractivity contribution in [3.63, 3.8) is 0 Å². The van der Waals surface area contributed by atoms with Crippen molar-refractivity contribution in [2.75, 3.05) is 20.6 Å². The van der Waals surface area contributed by atoms with Crippen LogP contribution < -0.4 is 5.32 Å². The van der Waals surface area contributed by atoms with Crippen molar-refractivity contribution in [1.82, 2.24) is 9.62 Å². The summed E-state index contributed by atoms with van der Waals surface area (Å²) in [5, 5.41) is 13.2. The van der Waals surface area contributed by atoms with Gasteiger partial charge in [-0.1, -0.05) is 30.3 Å². The van der Waals surface area contributed by atoms with Gasteiger partial charge in [-0.25, -0.2) is 12.7 Å². The maximum Gasteiger partial charge on any atom is 0.251 e. The van der Waals surface area contributed by atoms with Gasteiger partial charge in [0.1, 0.15) is 5.60 Å². The lowest BCUT2D eigenvalue weighted by Crippen LogP contribution is -2.38. The molecular formula is C18H22N2O4S. The van der Waals surface area contributed by atoms with E-state index in [1.165, 1.54) is 38.4 Å². The molecule has 2 rings (SSSR count). The van der Waals surface area contributed by atoms with Crippen LogP contribution in [0.25, 0.3) is 0 Å². The van der Waals surface area contributed by atoms with Gasteiger partial charge in [0.05, 0.1) is 11.4 Å². The fraction of sp³-hybridized carbons (Fsp3) is 0.278. The topological polar surface area (TPSA) is 86.7 Å². The van der Waals surface area contributed by atoms with Gasteiger partial charge in [0.2, 0.25) is 10.0 Å². The van der Waals surface area contributed by atoms with Gasteiger partial charge in [-0.3, -0.25) is 4.79 Å². The van der Waals surface area contributed by atoms with Crippen LogP contribution in [0.5, 0.6) is 0 Å². The lowest BCUT2D eigenvalue weighted by Gasteiger charge is -2.24. The van der Waals surface area contributed by atoms with Crippen molar-refractivity contribution in [2.24, 2.45) is 0 Å². The second kappa shape index (κ2) is 7.35. The molecule has 0 aromatic heterocycles. The van der Waals surface area contributed by atoms with Crippen molar-refractivity contribution in [3.05, 3.63) is 65.7 Å². The number of aliphatic hydroxyl groups is 1. The largest absolute Gasteiger partial charge is 0.384 e. The fourth-order valence-electron chi connectivity index (χ4n) is 2.24. The molecule has 0 saturated carbocycles. The molecule has 1 atom stereocenters. The number of amides is 1. The van der Waals surface area contributed by atoms with Crippen LogP contribution in [0.3, 0.4) is 0 Å². The Morgan fingerprint density at radius 3 is 2.16 bits per heavy atom. The van der Waals surface area contributed by atoms with Crippen LogP contribution in [0, 0.1) is 0 Å². The number of nitrogens with one attached hydrogen (secondary N) is 1. The molecular weight excluding hydrogens is 340 g/mol. The highest BCUT2D eigenvalue weighted by Gasteiger charge is 2.24. The average molecular weight is 362 g/mol. The Hall–Kier alpha value is -2.22. The quantitative estimate of drug-likeness (QED) is 0.817. The zero-order chi connectivity index (χ0) is 18.7. The third-order valence-electron chi connectivity index (χ3n) is 3.88. The standard InChI is InChI=1S/C18H22N2O4S/c1-18(22,15-7-5-4-6-8-15)13-19-17(21)14-9-11-16(12-10-14)25(23,24)20(2)3/h4-12,22H,13H2,1-3H3,(H,19,21). The van der Waals surface area contributed by atoms with Crippen LogP contribution in [0.2, 0.25) is 0 Å². The molecule has 2 N–H and O–H groups in total. The van der Waals surface area contributed by atoms with Gasteiger partial charge in [0.25, 0.3) is 5.91 Å². The lowest BCUT2D eigenvalue weighted by atomic mass is 9.96. The number of nitrogens with zero attached hydrogens (tertiary/aromatic N) is 1. The summed E-state index contributed by atoms with van der Waals surface area (Å²) in [6, 6.07) is 14.7. The van der Waals surface area contributed by atoms with Crippen LogP contribution in [-0.2, 0) is 15.6 Å². The summed E-state index contributed by atoms with van der Waals surface area (Å²) in [6.45, 7) is 1.66. The van der Waals surface area contributed by atoms with E-state index in [4.69, 9.17) is 0 Å². The maximum atomic E-state index is 12.2. The van der Waals surface area contributed by atoms with Gasteiger partial charge >= 0.3 is 0 Å². The normalized spacial score (nSPS) is 14.1. The molecule has 2 aromatic carbocycles. The highest BCUT2D eigenvalue weighted by molar-refractivity contribution is 7.89. The number of carbonyl (C=O) groups is 1. The average Bonchev–Trinajstić information content (AvgIpc) is 2.60. The SMILES string of the molecule is CN(C)S(=O)(=O)c1ccc(C(=O)NCC(C)(O)c2ccccc2)cc1. The van der Waals surface area contributed by atoms with E-state index in [2.05, 4.69) is 5.32 Å². The second-order valence-electron chi connectivity index (χ2n) is 6.13. The maximum absolute atomic E-state index is 12.2. The first-order valence-electron chi connectivity index (χ1n) is 7.73. The minimum Gasteiger partial charge on any atom is -0.384 e. The van der Waals surface area contributed by atoms with Gasteiger partial charge < -0.3 is 10.4 Å². The Morgan fingerprint density at radius 1 is 1.08 bits per heavy atom. The molecule has 1 unspecified atom stereocenters. The third-order valence-corrected chi connectivity index (χ3v) is 5.71. The van der Waals surface area contributed by atoms with E-state index in [0.717, 1.165) is 4.31 Å². The van der Waals surface area contributed by atoms with E-state index < -0.39 is 15.6 Å². The predicted octanol–water partition coefficient (Wildman–Crippen LogP) is 1.57. The number of rotatable bonds is 6. The number of sulfonamides is 1. The Morgan fingerprint density at radius 2 is 1.64 bits per heavy atom. The van der Waals surface area contributed by atoms with Crippen molar-refractivity contribution < 1.29 is 18.3 Å². The second-order valence-corrected chi connectivity index (χ2v) is 8.29. The Balaban J connectivity index is 2.07. The molecule has 0 radical (unpaired) electrons. The zero-order valence-corrected chi connectivity index (χ0v) is 15.2. The molecule has 25 heavy (non-hydrogen) atoms. The molecule has 2 aromatic rings. The van der Waals surface area contributed by atoms with Gasteiger partial charge in [-0.2, -0.15) is 0 Å². The van der Waals surface area contributed by atoms with Gasteiger partial charge in [0.15, 0.2) is 0 Å². The summed E-state index contributed by atoms with van der Waals surface area (Å²) in [4.78, 5) is 12.4. The molecule has 6 nitrogen and oxygen atoms in total. The van der Waals surface area contributed by atoms with Crippen molar-refractivity contribution in [1.29, 1.82) is 0 Å². The van der Waals surface area contributed by atoms with Crippen LogP contribution in [0.4, 0.5) is 0 Å². The smallest absolute Gasteiger partial charge is 0.251 e. The van der Waals surface area contributed by atoms with Crippen LogP contribution in [-0.4, -0.2) is 44.4 Å². The molecule has 1 amide bonds. The van der Waals surface area contributed by atoms with E-state index in [1.54, 1.807) is 19.1 Å². The van der Waals surface area contributed by atoms with Gasteiger partial charge in [-0.05, 0) is 36.8 Å². The minimum atomic E-state index is -3.53. The minimum absolute atomic E-state index is 0.0353. The molecule has 0 aliphatic heterocycles. The summed E-state index contributed by atoms with van der Waals surface area (Å²) in [5.41, 5.74) is -0.185. The molecule has 0 spiro atoms. The lowest BCUT2D eigenvalue weighted by molar-refractivity contribution is 0.0526. The first kappa shape index (κ1) is 19.1. The first-order valence-corrected chi connectivity index (χ1v) is 9.17. The number of hydrogen-bond acceptors (Lipinski definition) is 4. The molecule has 0 fully saturated rings. The molecule has 134 valence electrons. The predicted molar refractivity (Wildman–Crippen MR) is 95.7 cm³/mol. The van der Waals surface area contributed by atoms with Crippen LogP contribution in [0.1, 0.15) is 22.8 Å². The van der Waals surface area contributed by atoms with E-state index >= 15 is 0 Å². The summed E-state index contributed by atoms with van der Waals surface area (Å²) in [6.07, 6.45) is 0. The molecule has 0 aliphatic carbocycles. The first-order chi connectivity index (χ1) is 11.6. The van der Waals surface area contributed by atoms with E-state index in [1.807, 2.05) is 18.2 Å². The number of carbonyl (C=O) groups excluding carboxylic acids is 1. The summed E-state index contributed by atoms with van der Waals surface area (Å²) >= 11 is 0. The van der Waals surface area contributed by atoms with Gasteiger partial charge in [-0.15, -0.1) is 0 Å². The highest BCUT2D eigenvalue weighted by atomic mass is 32.2. The van der Waals surface area contributed by atoms with Gasteiger partial charge in [0, 0.05) is 19.7 Å². The summed E-state index contributed by atoms with van der Waals surface area (Å²) in [5.74, 6) is -0.384. The number of hydrogen-bond donors (Lipinski definition) is 2. The van der Waals surface area contributed by atoms with Crippen molar-refractivity contribution >= 4 is 15.9 Å². The number of benzene rings is 2. The summed E-state index contributed by atoms with van der Waals surface area (Å²) in [7, 11) is -0.637. The fourth-order valence-corrected chi connectivity index (χ4v) is 3.14. The molecule has 7 heteroatoms. The third kappa shape index (κ3) is 4.45. The molecule has 0 aliphatic rings. The van der Waals surface area contributed by atoms with Crippen molar-refractivity contribution in [3.8, 4) is 0 Å². The summed E-state index contributed by atoms with van der Waals surface area (Å²) < 4.78 is 25.1. The van der Waals surface area contributed by atoms with E-state index in [0.29, 0.717) is 11.1 Å². The monoisotopic (exact) mass is 362 g/mol. The van der Waals surface area contributed by atoms with Crippen LogP contribution in [0.15, 0.2) is 59.5 Å². The molecule has 0 heterocycles. The molecule has 0 saturated heterocycles. The highest BCUT2D eigenvalue weighted by Crippen LogP contribution is 2.19.